The predicted octanol–water partition coefficient (Wildman–Crippen LogP) is 0.953. The highest BCUT2D eigenvalue weighted by molar-refractivity contribution is 5.73. The average molecular weight is 227 g/mol. The van der Waals surface area contributed by atoms with Gasteiger partial charge in [0.15, 0.2) is 0 Å². The lowest BCUT2D eigenvalue weighted by molar-refractivity contribution is -0.163. The minimum Gasteiger partial charge on any atom is -0.460 e. The minimum atomic E-state index is -0.392. The van der Waals surface area contributed by atoms with Crippen molar-refractivity contribution in [1.29, 1.82) is 0 Å². The molecule has 2 aliphatic rings. The predicted molar refractivity (Wildman–Crippen MR) is 60.1 cm³/mol. The summed E-state index contributed by atoms with van der Waals surface area (Å²) in [5.74, 6) is 0.242. The highest BCUT2D eigenvalue weighted by atomic mass is 16.6. The van der Waals surface area contributed by atoms with Crippen molar-refractivity contribution in [2.75, 3.05) is 19.8 Å². The molecule has 3 atom stereocenters. The van der Waals surface area contributed by atoms with Crippen molar-refractivity contribution >= 4 is 5.97 Å². The largest absolute Gasteiger partial charge is 0.460 e. The Bertz CT molecular complexity index is 272. The van der Waals surface area contributed by atoms with E-state index in [1.54, 1.807) is 0 Å². The fourth-order valence-electron chi connectivity index (χ4n) is 2.49. The van der Waals surface area contributed by atoms with Gasteiger partial charge in [0, 0.05) is 12.0 Å². The van der Waals surface area contributed by atoms with Crippen molar-refractivity contribution in [2.45, 2.75) is 38.8 Å². The number of fused-ring (bicyclic) bond motifs is 1. The number of ether oxygens (including phenoxy) is 2. The summed E-state index contributed by atoms with van der Waals surface area (Å²) in [6.07, 6.45) is 0.861. The summed E-state index contributed by atoms with van der Waals surface area (Å²) >= 11 is 0. The highest BCUT2D eigenvalue weighted by Crippen LogP contribution is 2.30. The van der Waals surface area contributed by atoms with Crippen LogP contribution in [0, 0.1) is 11.8 Å². The minimum absolute atomic E-state index is 0.00738. The molecule has 4 nitrogen and oxygen atoms in total. The van der Waals surface area contributed by atoms with Gasteiger partial charge in [0.25, 0.3) is 0 Å². The third-order valence-corrected chi connectivity index (χ3v) is 3.21. The summed E-state index contributed by atoms with van der Waals surface area (Å²) in [7, 11) is 0. The van der Waals surface area contributed by atoms with Gasteiger partial charge in [-0.25, -0.2) is 0 Å². The molecule has 0 aromatic heterocycles. The first kappa shape index (κ1) is 11.9. The Hall–Kier alpha value is -0.610. The standard InChI is InChI=1S/C12H21NO3/c1-12(2,3)16-11(14)8-4-5-13-10-7-15-6-9(8)10/h8-10,13H,4-7H2,1-3H3/t8-,9+,10-/m0/s1. The fraction of sp³-hybridized carbons (Fsp3) is 0.917. The van der Waals surface area contributed by atoms with E-state index in [1.807, 2.05) is 20.8 Å². The van der Waals surface area contributed by atoms with Gasteiger partial charge in [-0.2, -0.15) is 0 Å². The Morgan fingerprint density at radius 3 is 2.81 bits per heavy atom. The van der Waals surface area contributed by atoms with Gasteiger partial charge in [-0.05, 0) is 33.7 Å². The van der Waals surface area contributed by atoms with Crippen molar-refractivity contribution in [3.8, 4) is 0 Å². The molecule has 2 saturated heterocycles. The molecule has 16 heavy (non-hydrogen) atoms. The lowest BCUT2D eigenvalue weighted by atomic mass is 9.82. The Morgan fingerprint density at radius 2 is 2.12 bits per heavy atom. The zero-order valence-electron chi connectivity index (χ0n) is 10.3. The van der Waals surface area contributed by atoms with Crippen LogP contribution < -0.4 is 5.32 Å². The first-order valence-corrected chi connectivity index (χ1v) is 6.01. The van der Waals surface area contributed by atoms with Gasteiger partial charge in [0.2, 0.25) is 0 Å². The lowest BCUT2D eigenvalue weighted by Crippen LogP contribution is -2.48. The van der Waals surface area contributed by atoms with Crippen LogP contribution in [0.2, 0.25) is 0 Å². The summed E-state index contributed by atoms with van der Waals surface area (Å²) in [5.41, 5.74) is -0.392. The van der Waals surface area contributed by atoms with Gasteiger partial charge in [-0.1, -0.05) is 0 Å². The van der Waals surface area contributed by atoms with Gasteiger partial charge in [0.05, 0.1) is 19.1 Å². The fourth-order valence-corrected chi connectivity index (χ4v) is 2.49. The Morgan fingerprint density at radius 1 is 1.38 bits per heavy atom. The van der Waals surface area contributed by atoms with Crippen LogP contribution in [0.15, 0.2) is 0 Å². The van der Waals surface area contributed by atoms with Crippen LogP contribution in [0.4, 0.5) is 0 Å². The average Bonchev–Trinajstić information content (AvgIpc) is 2.61. The molecule has 2 rings (SSSR count). The van der Waals surface area contributed by atoms with E-state index in [9.17, 15) is 4.79 Å². The topological polar surface area (TPSA) is 47.6 Å². The molecule has 0 unspecified atom stereocenters. The zero-order chi connectivity index (χ0) is 11.8. The van der Waals surface area contributed by atoms with Crippen molar-refractivity contribution in [3.05, 3.63) is 0 Å². The molecule has 2 heterocycles. The molecule has 0 aliphatic carbocycles. The summed E-state index contributed by atoms with van der Waals surface area (Å²) in [4.78, 5) is 12.1. The summed E-state index contributed by atoms with van der Waals surface area (Å²) in [6, 6.07) is 0.339. The van der Waals surface area contributed by atoms with E-state index >= 15 is 0 Å². The van der Waals surface area contributed by atoms with E-state index in [1.165, 1.54) is 0 Å². The van der Waals surface area contributed by atoms with Crippen molar-refractivity contribution in [2.24, 2.45) is 11.8 Å². The second-order valence-electron chi connectivity index (χ2n) is 5.69. The maximum atomic E-state index is 12.1. The van der Waals surface area contributed by atoms with Crippen molar-refractivity contribution in [1.82, 2.24) is 5.32 Å². The van der Waals surface area contributed by atoms with Crippen LogP contribution in [0.3, 0.4) is 0 Å². The van der Waals surface area contributed by atoms with E-state index in [0.717, 1.165) is 19.6 Å². The number of nitrogens with one attached hydrogen (secondary N) is 1. The summed E-state index contributed by atoms with van der Waals surface area (Å²) in [5, 5.41) is 3.40. The first-order chi connectivity index (χ1) is 7.47. The summed E-state index contributed by atoms with van der Waals surface area (Å²) < 4.78 is 10.9. The number of rotatable bonds is 1. The van der Waals surface area contributed by atoms with Crippen LogP contribution in [0.25, 0.3) is 0 Å². The number of esters is 1. The van der Waals surface area contributed by atoms with Gasteiger partial charge < -0.3 is 14.8 Å². The number of carbonyl (C=O) groups is 1. The van der Waals surface area contributed by atoms with Crippen molar-refractivity contribution in [3.63, 3.8) is 0 Å². The quantitative estimate of drug-likeness (QED) is 0.678. The molecule has 92 valence electrons. The summed E-state index contributed by atoms with van der Waals surface area (Å²) in [6.45, 7) is 8.03. The molecular weight excluding hydrogens is 206 g/mol. The smallest absolute Gasteiger partial charge is 0.309 e. The van der Waals surface area contributed by atoms with E-state index in [0.29, 0.717) is 18.6 Å². The molecule has 1 N–H and O–H groups in total. The van der Waals surface area contributed by atoms with Crippen molar-refractivity contribution < 1.29 is 14.3 Å². The molecule has 0 aromatic carbocycles. The second-order valence-corrected chi connectivity index (χ2v) is 5.69. The third kappa shape index (κ3) is 2.55. The second kappa shape index (κ2) is 4.34. The van der Waals surface area contributed by atoms with Crippen LogP contribution in [0.5, 0.6) is 0 Å². The maximum absolute atomic E-state index is 12.1. The van der Waals surface area contributed by atoms with Gasteiger partial charge in [0.1, 0.15) is 5.60 Å². The number of piperidine rings is 1. The van der Waals surface area contributed by atoms with Crippen LogP contribution >= 0.6 is 0 Å². The number of hydrogen-bond donors (Lipinski definition) is 1. The normalized spacial score (nSPS) is 34.6. The van der Waals surface area contributed by atoms with Gasteiger partial charge in [-0.15, -0.1) is 0 Å². The Balaban J connectivity index is 2.00. The molecule has 0 radical (unpaired) electrons. The van der Waals surface area contributed by atoms with E-state index < -0.39 is 5.60 Å². The number of hydrogen-bond acceptors (Lipinski definition) is 4. The van der Waals surface area contributed by atoms with E-state index in [2.05, 4.69) is 5.32 Å². The molecular formula is C12H21NO3. The van der Waals surface area contributed by atoms with Crippen LogP contribution in [-0.4, -0.2) is 37.4 Å². The highest BCUT2D eigenvalue weighted by Gasteiger charge is 2.42. The van der Waals surface area contributed by atoms with E-state index in [4.69, 9.17) is 9.47 Å². The molecule has 0 spiro atoms. The molecule has 0 aromatic rings. The lowest BCUT2D eigenvalue weighted by Gasteiger charge is -2.33. The molecule has 4 heteroatoms. The Kier molecular flexibility index (Phi) is 3.22. The van der Waals surface area contributed by atoms with Gasteiger partial charge >= 0.3 is 5.97 Å². The maximum Gasteiger partial charge on any atom is 0.309 e. The van der Waals surface area contributed by atoms with E-state index in [-0.39, 0.29) is 11.9 Å². The number of carbonyl (C=O) groups excluding carboxylic acids is 1. The molecule has 0 bridgehead atoms. The molecule has 0 saturated carbocycles. The molecule has 2 fully saturated rings. The Labute approximate surface area is 96.7 Å². The van der Waals surface area contributed by atoms with Crippen LogP contribution in [0.1, 0.15) is 27.2 Å². The third-order valence-electron chi connectivity index (χ3n) is 3.21. The van der Waals surface area contributed by atoms with Gasteiger partial charge in [-0.3, -0.25) is 4.79 Å². The SMILES string of the molecule is CC(C)(C)OC(=O)[C@H]1CCN[C@H]2COC[C@@H]21. The molecule has 2 aliphatic heterocycles. The first-order valence-electron chi connectivity index (χ1n) is 6.01. The molecule has 0 amide bonds. The zero-order valence-corrected chi connectivity index (χ0v) is 10.3. The monoisotopic (exact) mass is 227 g/mol. The van der Waals surface area contributed by atoms with Crippen LogP contribution in [-0.2, 0) is 14.3 Å².